The summed E-state index contributed by atoms with van der Waals surface area (Å²) >= 11 is 0. The van der Waals surface area contributed by atoms with E-state index in [4.69, 9.17) is 4.74 Å². The van der Waals surface area contributed by atoms with Crippen molar-refractivity contribution in [2.24, 2.45) is 0 Å². The van der Waals surface area contributed by atoms with E-state index in [1.54, 1.807) is 13.0 Å². The lowest BCUT2D eigenvalue weighted by Crippen LogP contribution is -2.37. The number of fused-ring (bicyclic) bond motifs is 1. The van der Waals surface area contributed by atoms with Crippen LogP contribution in [0.5, 0.6) is 5.75 Å². The molecule has 0 saturated heterocycles. The quantitative estimate of drug-likeness (QED) is 0.751. The molecule has 0 aliphatic carbocycles. The zero-order valence-electron chi connectivity index (χ0n) is 13.1. The molecular formula is C17H17FN4O2. The Labute approximate surface area is 138 Å². The van der Waals surface area contributed by atoms with Gasteiger partial charge in [-0.3, -0.25) is 9.20 Å². The molecule has 6 nitrogen and oxygen atoms in total. The topological polar surface area (TPSA) is 68.5 Å². The number of hydrogen-bond acceptors (Lipinski definition) is 4. The Kier molecular flexibility index (Phi) is 4.69. The maximum Gasteiger partial charge on any atom is 0.260 e. The summed E-state index contributed by atoms with van der Waals surface area (Å²) < 4.78 is 20.4. The van der Waals surface area contributed by atoms with Crippen LogP contribution in [-0.2, 0) is 11.2 Å². The van der Waals surface area contributed by atoms with Crippen molar-refractivity contribution in [3.05, 3.63) is 60.3 Å². The van der Waals surface area contributed by atoms with Crippen molar-refractivity contribution in [3.63, 3.8) is 0 Å². The number of nitrogens with zero attached hydrogens (tertiary/aromatic N) is 3. The molecular weight excluding hydrogens is 311 g/mol. The second kappa shape index (κ2) is 7.08. The molecule has 124 valence electrons. The number of aromatic nitrogens is 3. The zero-order valence-corrected chi connectivity index (χ0v) is 13.1. The van der Waals surface area contributed by atoms with Gasteiger partial charge < -0.3 is 10.1 Å². The van der Waals surface area contributed by atoms with Gasteiger partial charge in [0.15, 0.2) is 11.8 Å². The van der Waals surface area contributed by atoms with Gasteiger partial charge in [-0.2, -0.15) is 0 Å². The summed E-state index contributed by atoms with van der Waals surface area (Å²) in [5.41, 5.74) is 0.765. The van der Waals surface area contributed by atoms with E-state index >= 15 is 0 Å². The second-order valence-corrected chi connectivity index (χ2v) is 5.30. The summed E-state index contributed by atoms with van der Waals surface area (Å²) in [4.78, 5) is 12.1. The molecule has 0 aliphatic heterocycles. The van der Waals surface area contributed by atoms with Gasteiger partial charge in [-0.1, -0.05) is 12.1 Å². The van der Waals surface area contributed by atoms with Crippen LogP contribution in [-0.4, -0.2) is 33.2 Å². The summed E-state index contributed by atoms with van der Waals surface area (Å²) in [6.07, 6.45) is 1.70. The number of amides is 1. The van der Waals surface area contributed by atoms with E-state index in [1.807, 2.05) is 28.8 Å². The molecule has 0 radical (unpaired) electrons. The first kappa shape index (κ1) is 15.9. The van der Waals surface area contributed by atoms with Gasteiger partial charge in [0.05, 0.1) is 0 Å². The number of benzene rings is 1. The summed E-state index contributed by atoms with van der Waals surface area (Å²) in [5.74, 6) is 0.414. The minimum Gasteiger partial charge on any atom is -0.481 e. The maximum atomic E-state index is 13.1. The molecule has 0 aliphatic rings. The molecule has 1 aromatic carbocycles. The van der Waals surface area contributed by atoms with Crippen LogP contribution in [0, 0.1) is 5.82 Å². The van der Waals surface area contributed by atoms with Gasteiger partial charge in [-0.15, -0.1) is 10.2 Å². The van der Waals surface area contributed by atoms with Gasteiger partial charge in [0.25, 0.3) is 5.91 Å². The molecule has 3 rings (SSSR count). The molecule has 0 spiro atoms. The third-order valence-electron chi connectivity index (χ3n) is 3.51. The molecule has 0 unspecified atom stereocenters. The van der Waals surface area contributed by atoms with Gasteiger partial charge in [0.1, 0.15) is 17.4 Å². The summed E-state index contributed by atoms with van der Waals surface area (Å²) in [6, 6.07) is 11.4. The fraction of sp³-hybridized carbons (Fsp3) is 0.235. The van der Waals surface area contributed by atoms with Crippen molar-refractivity contribution in [1.29, 1.82) is 0 Å². The highest BCUT2D eigenvalue weighted by molar-refractivity contribution is 5.80. The SMILES string of the molecule is C[C@H](Oc1cccc(F)c1)C(=O)NCCc1nnc2ccccn12. The minimum absolute atomic E-state index is 0.270. The molecule has 1 atom stereocenters. The summed E-state index contributed by atoms with van der Waals surface area (Å²) in [7, 11) is 0. The Morgan fingerprint density at radius 1 is 1.29 bits per heavy atom. The monoisotopic (exact) mass is 328 g/mol. The molecule has 7 heteroatoms. The van der Waals surface area contributed by atoms with Gasteiger partial charge in [-0.05, 0) is 31.2 Å². The first-order valence-electron chi connectivity index (χ1n) is 7.62. The Morgan fingerprint density at radius 2 is 2.17 bits per heavy atom. The highest BCUT2D eigenvalue weighted by atomic mass is 19.1. The van der Waals surface area contributed by atoms with Crippen molar-refractivity contribution >= 4 is 11.6 Å². The van der Waals surface area contributed by atoms with Crippen LogP contribution in [0.25, 0.3) is 5.65 Å². The number of carbonyl (C=O) groups excluding carboxylic acids is 1. The Morgan fingerprint density at radius 3 is 3.00 bits per heavy atom. The van der Waals surface area contributed by atoms with E-state index < -0.39 is 11.9 Å². The molecule has 24 heavy (non-hydrogen) atoms. The molecule has 1 N–H and O–H groups in total. The predicted molar refractivity (Wildman–Crippen MR) is 86.2 cm³/mol. The van der Waals surface area contributed by atoms with E-state index in [9.17, 15) is 9.18 Å². The Bertz CT molecular complexity index is 849. The Hall–Kier alpha value is -2.96. The fourth-order valence-electron chi connectivity index (χ4n) is 2.30. The number of ether oxygens (including phenoxy) is 1. The third-order valence-corrected chi connectivity index (χ3v) is 3.51. The van der Waals surface area contributed by atoms with Crippen LogP contribution >= 0.6 is 0 Å². The predicted octanol–water partition coefficient (Wildman–Crippen LogP) is 1.99. The van der Waals surface area contributed by atoms with E-state index in [0.717, 1.165) is 11.5 Å². The van der Waals surface area contributed by atoms with Crippen molar-refractivity contribution in [2.75, 3.05) is 6.54 Å². The lowest BCUT2D eigenvalue weighted by atomic mass is 10.3. The summed E-state index contributed by atoms with van der Waals surface area (Å²) in [6.45, 7) is 2.03. The number of rotatable bonds is 6. The van der Waals surface area contributed by atoms with Crippen molar-refractivity contribution in [2.45, 2.75) is 19.4 Å². The van der Waals surface area contributed by atoms with Crippen LogP contribution < -0.4 is 10.1 Å². The van der Waals surface area contributed by atoms with Crippen molar-refractivity contribution in [1.82, 2.24) is 19.9 Å². The first-order chi connectivity index (χ1) is 11.6. The van der Waals surface area contributed by atoms with Crippen LogP contribution in [0.4, 0.5) is 4.39 Å². The molecule has 0 fully saturated rings. The molecule has 1 amide bonds. The van der Waals surface area contributed by atoms with Crippen LogP contribution in [0.2, 0.25) is 0 Å². The zero-order chi connectivity index (χ0) is 16.9. The Balaban J connectivity index is 1.51. The van der Waals surface area contributed by atoms with Gasteiger partial charge in [-0.25, -0.2) is 4.39 Å². The third kappa shape index (κ3) is 3.68. The lowest BCUT2D eigenvalue weighted by molar-refractivity contribution is -0.127. The standard InChI is InChI=1S/C17H17FN4O2/c1-12(24-14-6-4-5-13(18)11-14)17(23)19-9-8-16-21-20-15-7-2-3-10-22(15)16/h2-7,10-12H,8-9H2,1H3,(H,19,23)/t12-/m0/s1. The largest absolute Gasteiger partial charge is 0.481 e. The van der Waals surface area contributed by atoms with Crippen LogP contribution in [0.3, 0.4) is 0 Å². The number of carbonyl (C=O) groups is 1. The van der Waals surface area contributed by atoms with Crippen LogP contribution in [0.1, 0.15) is 12.7 Å². The number of nitrogens with one attached hydrogen (secondary N) is 1. The normalized spacial score (nSPS) is 12.1. The second-order valence-electron chi connectivity index (χ2n) is 5.30. The molecule has 0 saturated carbocycles. The van der Waals surface area contributed by atoms with Gasteiger partial charge >= 0.3 is 0 Å². The minimum atomic E-state index is -0.720. The maximum absolute atomic E-state index is 13.1. The summed E-state index contributed by atoms with van der Waals surface area (Å²) in [5, 5.41) is 10.9. The smallest absolute Gasteiger partial charge is 0.260 e. The highest BCUT2D eigenvalue weighted by Crippen LogP contribution is 2.13. The van der Waals surface area contributed by atoms with E-state index in [-0.39, 0.29) is 5.91 Å². The molecule has 2 heterocycles. The molecule has 0 bridgehead atoms. The van der Waals surface area contributed by atoms with E-state index in [2.05, 4.69) is 15.5 Å². The average Bonchev–Trinajstić information content (AvgIpc) is 2.98. The van der Waals surface area contributed by atoms with E-state index in [0.29, 0.717) is 18.7 Å². The number of pyridine rings is 1. The molecule has 2 aromatic heterocycles. The van der Waals surface area contributed by atoms with Gasteiger partial charge in [0.2, 0.25) is 0 Å². The fourth-order valence-corrected chi connectivity index (χ4v) is 2.30. The average molecular weight is 328 g/mol. The number of halogens is 1. The first-order valence-corrected chi connectivity index (χ1v) is 7.62. The highest BCUT2D eigenvalue weighted by Gasteiger charge is 2.15. The van der Waals surface area contributed by atoms with Crippen molar-refractivity contribution < 1.29 is 13.9 Å². The molecule has 3 aromatic rings. The number of hydrogen-bond donors (Lipinski definition) is 1. The lowest BCUT2D eigenvalue weighted by Gasteiger charge is -2.14. The van der Waals surface area contributed by atoms with Crippen LogP contribution in [0.15, 0.2) is 48.7 Å². The van der Waals surface area contributed by atoms with E-state index in [1.165, 1.54) is 18.2 Å². The van der Waals surface area contributed by atoms with Gasteiger partial charge in [0, 0.05) is 25.2 Å². The van der Waals surface area contributed by atoms with Crippen molar-refractivity contribution in [3.8, 4) is 5.75 Å².